The number of likely N-dealkylation sites (N-methyl/N-ethyl adjacent to an activating group) is 1. The smallest absolute Gasteiger partial charge is 0.726 e. The monoisotopic (exact) mass is 997 g/mol. The summed E-state index contributed by atoms with van der Waals surface area (Å²) in [6.07, 6.45) is 20.4. The van der Waals surface area contributed by atoms with Crippen molar-refractivity contribution >= 4 is 36.1 Å². The van der Waals surface area contributed by atoms with Crippen LogP contribution in [0.3, 0.4) is 0 Å². The maximum Gasteiger partial charge on any atom is 1.00 e. The summed E-state index contributed by atoms with van der Waals surface area (Å²) < 4.78 is 93.0. The number of allylic oxidation sites excluding steroid dienone is 1. The second-order valence-electron chi connectivity index (χ2n) is 17.9. The van der Waals surface area contributed by atoms with Crippen molar-refractivity contribution in [1.29, 1.82) is 0 Å². The fourth-order valence-electron chi connectivity index (χ4n) is 7.48. The molecule has 0 spiro atoms. The van der Waals surface area contributed by atoms with Gasteiger partial charge in [0, 0.05) is 39.4 Å². The molecular formula is C43H79N2NaO18PS+. The number of ether oxygens (including phenoxy) is 6. The first kappa shape index (κ1) is 62.9. The number of hydrogen-bond donors (Lipinski definition) is 3. The predicted molar refractivity (Wildman–Crippen MR) is 236 cm³/mol. The van der Waals surface area contributed by atoms with Crippen molar-refractivity contribution in [1.82, 2.24) is 5.48 Å². The zero-order chi connectivity index (χ0) is 48.2. The molecule has 2 saturated heterocycles. The Labute approximate surface area is 415 Å². The molecule has 0 aromatic carbocycles. The van der Waals surface area contributed by atoms with Crippen molar-refractivity contribution in [2.24, 2.45) is 0 Å². The Bertz CT molecular complexity index is 1560. The molecule has 2 fully saturated rings. The summed E-state index contributed by atoms with van der Waals surface area (Å²) in [6, 6.07) is -0.798. The maximum absolute atomic E-state index is 12.5. The number of carbonyl (C=O) groups excluding carboxylic acids is 3. The molecule has 0 amide bonds. The minimum Gasteiger partial charge on any atom is -0.726 e. The number of carbonyl (C=O) groups is 3. The van der Waals surface area contributed by atoms with Crippen molar-refractivity contribution in [2.75, 3.05) is 67.3 Å². The molecule has 23 heteroatoms. The van der Waals surface area contributed by atoms with E-state index in [1.807, 2.05) is 26.6 Å². The molecule has 66 heavy (non-hydrogen) atoms. The molecule has 380 valence electrons. The molecule has 0 aromatic rings. The largest absolute Gasteiger partial charge is 1.00 e. The minimum absolute atomic E-state index is 0. The fourth-order valence-corrected chi connectivity index (χ4v) is 8.55. The van der Waals surface area contributed by atoms with Crippen LogP contribution in [0.1, 0.15) is 142 Å². The van der Waals surface area contributed by atoms with E-state index >= 15 is 0 Å². The first-order valence-electron chi connectivity index (χ1n) is 23.2. The third-order valence-electron chi connectivity index (χ3n) is 10.9. The third kappa shape index (κ3) is 31.2. The molecule has 0 aliphatic carbocycles. The molecular weight excluding hydrogens is 919 g/mol. The number of hydrogen-bond acceptors (Lipinski definition) is 18. The molecule has 2 aliphatic heterocycles. The molecule has 3 N–H and O–H groups in total. The van der Waals surface area contributed by atoms with Gasteiger partial charge in [0.2, 0.25) is 10.4 Å². The van der Waals surface area contributed by atoms with Crippen LogP contribution in [0.25, 0.3) is 0 Å². The first-order valence-corrected chi connectivity index (χ1v) is 26.1. The number of unbranched alkanes of at least 4 members (excludes halogenated alkanes) is 14. The molecule has 2 aliphatic rings. The summed E-state index contributed by atoms with van der Waals surface area (Å²) in [5, 5.41) is 9.01. The van der Waals surface area contributed by atoms with Crippen LogP contribution in [0.2, 0.25) is 0 Å². The number of hydroxylamine groups is 1. The van der Waals surface area contributed by atoms with Gasteiger partial charge in [0.25, 0.3) is 0 Å². The average Bonchev–Trinajstić information content (AvgIpc) is 3.51. The molecule has 20 nitrogen and oxygen atoms in total. The third-order valence-corrected chi connectivity index (χ3v) is 12.3. The number of rotatable bonds is 39. The van der Waals surface area contributed by atoms with E-state index in [1.165, 1.54) is 52.0 Å². The number of quaternary nitrogens is 1. The molecule has 2 rings (SSSR count). The molecule has 7 atom stereocenters. The number of fused-ring (bicyclic) bond motifs is 2. The molecule has 0 radical (unpaired) electrons. The van der Waals surface area contributed by atoms with E-state index < -0.39 is 61.3 Å². The molecule has 0 saturated carbocycles. The Kier molecular flexibility index (Phi) is 32.6. The van der Waals surface area contributed by atoms with E-state index in [0.717, 1.165) is 77.0 Å². The van der Waals surface area contributed by atoms with Gasteiger partial charge in [-0.2, -0.15) is 5.48 Å². The number of phosphoric acid groups is 1. The Hall–Kier alpha value is -1.11. The molecule has 3 unspecified atom stereocenters. The summed E-state index contributed by atoms with van der Waals surface area (Å²) in [6.45, 7) is 2.19. The number of phosphoric ester groups is 1. The van der Waals surface area contributed by atoms with Gasteiger partial charge in [-0.15, -0.1) is 0 Å². The van der Waals surface area contributed by atoms with Gasteiger partial charge in [-0.3, -0.25) is 22.8 Å². The van der Waals surface area contributed by atoms with Gasteiger partial charge >= 0.3 is 55.3 Å². The fraction of sp³-hybridized carbons (Fsp3) is 0.884. The quantitative estimate of drug-likeness (QED) is 0.00764. The van der Waals surface area contributed by atoms with Crippen LogP contribution in [-0.4, -0.2) is 149 Å². The summed E-state index contributed by atoms with van der Waals surface area (Å²) in [4.78, 5) is 45.8. The summed E-state index contributed by atoms with van der Waals surface area (Å²) in [7, 11) is -3.53. The van der Waals surface area contributed by atoms with E-state index in [0.29, 0.717) is 36.9 Å². The standard InChI is InChI=1S/C43H79N2O18PS.Na/c1-35(46)56-33-38(34-58-64(50,51)57-30-28-45(3,4)5)61-41(48)24-20-16-14-15-19-23-40-42-39(60-36(2)47)25-27-43(62-40,63-42)26-21-17-12-10-8-6-7-9-11-13-18-22-29-55-31-37(44-49)32-59-65(52,53)54;/h20,24,37-40,42,44,49H,6-19,21-23,25-34H2,1-5H3,(H-,50,51,52,53,54);/q;+1/b24-20+;/t37?,38?,39-,40-,42+,43+;/m1./s1. The summed E-state index contributed by atoms with van der Waals surface area (Å²) >= 11 is 0. The topological polar surface area (TPSA) is 261 Å². The van der Waals surface area contributed by atoms with E-state index in [9.17, 15) is 36.8 Å². The van der Waals surface area contributed by atoms with Gasteiger partial charge < -0.3 is 47.6 Å². The maximum atomic E-state index is 12.5. The van der Waals surface area contributed by atoms with Crippen LogP contribution in [-0.2, 0) is 71.0 Å². The minimum atomic E-state index is -4.81. The van der Waals surface area contributed by atoms with Crippen LogP contribution in [0.15, 0.2) is 12.2 Å². The van der Waals surface area contributed by atoms with E-state index in [-0.39, 0.29) is 73.7 Å². The van der Waals surface area contributed by atoms with Crippen LogP contribution in [0, 0.1) is 0 Å². The normalized spacial score (nSPS) is 21.5. The Morgan fingerprint density at radius 3 is 2.06 bits per heavy atom. The Morgan fingerprint density at radius 1 is 0.848 bits per heavy atom. The van der Waals surface area contributed by atoms with Gasteiger partial charge in [-0.05, 0) is 38.5 Å². The van der Waals surface area contributed by atoms with Crippen molar-refractivity contribution in [3.05, 3.63) is 12.2 Å². The second kappa shape index (κ2) is 34.3. The van der Waals surface area contributed by atoms with Gasteiger partial charge in [0.1, 0.15) is 32.0 Å². The Balaban J connectivity index is 0.0000218. The van der Waals surface area contributed by atoms with E-state index in [1.54, 1.807) is 6.08 Å². The molecule has 0 aromatic heterocycles. The van der Waals surface area contributed by atoms with Gasteiger partial charge in [-0.25, -0.2) is 17.8 Å². The van der Waals surface area contributed by atoms with Gasteiger partial charge in [0.15, 0.2) is 11.9 Å². The van der Waals surface area contributed by atoms with Crippen molar-refractivity contribution < 1.29 is 118 Å². The van der Waals surface area contributed by atoms with E-state index in [4.69, 9.17) is 42.7 Å². The first-order chi connectivity index (χ1) is 30.7. The zero-order valence-electron chi connectivity index (χ0n) is 40.4. The van der Waals surface area contributed by atoms with Crippen molar-refractivity contribution in [2.45, 2.75) is 179 Å². The van der Waals surface area contributed by atoms with Crippen LogP contribution < -0.4 is 35.0 Å². The SMILES string of the molecule is CC(=O)OCC(COP(=O)(O)OCC[N+](C)(C)C)OC(=O)/C=C/CCCCC[C@H]1O[C@]2(CCCCCCCCCCCCCCOCC(COS(=O)(=O)[O-])NO)CC[C@@H](OC(C)=O)[C@@H]1O2.[Na+]. The van der Waals surface area contributed by atoms with Crippen molar-refractivity contribution in [3.8, 4) is 0 Å². The van der Waals surface area contributed by atoms with Crippen LogP contribution >= 0.6 is 7.82 Å². The average molecular weight is 998 g/mol. The van der Waals surface area contributed by atoms with Gasteiger partial charge in [-0.1, -0.05) is 83.1 Å². The second-order valence-corrected chi connectivity index (χ2v) is 20.4. The predicted octanol–water partition coefficient (Wildman–Crippen LogP) is 2.93. The van der Waals surface area contributed by atoms with Crippen LogP contribution in [0.4, 0.5) is 0 Å². The zero-order valence-corrected chi connectivity index (χ0v) is 44.1. The van der Waals surface area contributed by atoms with E-state index in [2.05, 4.69) is 4.18 Å². The molecule has 2 heterocycles. The van der Waals surface area contributed by atoms with Crippen molar-refractivity contribution in [3.63, 3.8) is 0 Å². The number of nitrogens with zero attached hydrogens (tertiary/aromatic N) is 1. The Morgan fingerprint density at radius 2 is 1.47 bits per heavy atom. The van der Waals surface area contributed by atoms with Gasteiger partial charge in [0.05, 0.1) is 53.1 Å². The molecule has 2 bridgehead atoms. The summed E-state index contributed by atoms with van der Waals surface area (Å²) in [5.74, 6) is -2.30. The summed E-state index contributed by atoms with van der Waals surface area (Å²) in [5.41, 5.74) is 1.87. The number of nitrogens with one attached hydrogen (secondary N) is 1. The van der Waals surface area contributed by atoms with Crippen LogP contribution in [0.5, 0.6) is 0 Å². The number of esters is 3.